The molecule has 1 aliphatic heterocycles. The average molecular weight is 179 g/mol. The van der Waals surface area contributed by atoms with Crippen LogP contribution in [0.2, 0.25) is 0 Å². The van der Waals surface area contributed by atoms with E-state index in [9.17, 15) is 4.79 Å². The lowest BCUT2D eigenvalue weighted by Crippen LogP contribution is -1.99. The van der Waals surface area contributed by atoms with Gasteiger partial charge >= 0.3 is 0 Å². The van der Waals surface area contributed by atoms with E-state index in [0.717, 1.165) is 5.56 Å². The first kappa shape index (κ1) is 8.34. The van der Waals surface area contributed by atoms with E-state index in [-0.39, 0.29) is 6.29 Å². The van der Waals surface area contributed by atoms with E-state index in [1.54, 1.807) is 18.3 Å². The molecule has 1 aromatic heterocycles. The predicted molar refractivity (Wildman–Crippen MR) is 44.3 cm³/mol. The minimum atomic E-state index is -0.332. The number of carbonyl (C=O) groups excluding carboxylic acids is 1. The van der Waals surface area contributed by atoms with Gasteiger partial charge in [0.05, 0.1) is 13.2 Å². The van der Waals surface area contributed by atoms with Gasteiger partial charge in [-0.05, 0) is 12.1 Å². The number of aromatic nitrogens is 1. The Morgan fingerprint density at radius 1 is 1.46 bits per heavy atom. The second-order valence-corrected chi connectivity index (χ2v) is 2.71. The Balaban J connectivity index is 2.23. The van der Waals surface area contributed by atoms with Crippen LogP contribution in [0, 0.1) is 0 Å². The van der Waals surface area contributed by atoms with Crippen LogP contribution in [0.5, 0.6) is 0 Å². The van der Waals surface area contributed by atoms with Crippen molar-refractivity contribution in [3.63, 3.8) is 0 Å². The first-order chi connectivity index (χ1) is 6.40. The molecule has 2 heterocycles. The fourth-order valence-electron chi connectivity index (χ4n) is 1.23. The quantitative estimate of drug-likeness (QED) is 0.634. The summed E-state index contributed by atoms with van der Waals surface area (Å²) >= 11 is 0. The van der Waals surface area contributed by atoms with Crippen molar-refractivity contribution in [3.8, 4) is 0 Å². The zero-order chi connectivity index (χ0) is 9.10. The molecule has 0 spiro atoms. The first-order valence-corrected chi connectivity index (χ1v) is 4.04. The number of rotatable bonds is 2. The Kier molecular flexibility index (Phi) is 2.33. The molecule has 68 valence electrons. The molecule has 13 heavy (non-hydrogen) atoms. The lowest BCUT2D eigenvalue weighted by Gasteiger charge is -2.08. The van der Waals surface area contributed by atoms with Crippen molar-refractivity contribution in [1.82, 2.24) is 4.98 Å². The van der Waals surface area contributed by atoms with Crippen molar-refractivity contribution in [3.05, 3.63) is 29.6 Å². The fraction of sp³-hybridized carbons (Fsp3) is 0.333. The van der Waals surface area contributed by atoms with Crippen LogP contribution in [0.25, 0.3) is 0 Å². The average Bonchev–Trinajstić information content (AvgIpc) is 2.71. The molecule has 0 N–H and O–H groups in total. The highest BCUT2D eigenvalue weighted by Crippen LogP contribution is 2.22. The van der Waals surface area contributed by atoms with Crippen molar-refractivity contribution in [2.24, 2.45) is 0 Å². The van der Waals surface area contributed by atoms with Gasteiger partial charge in [-0.3, -0.25) is 9.78 Å². The van der Waals surface area contributed by atoms with E-state index in [1.165, 1.54) is 0 Å². The van der Waals surface area contributed by atoms with Gasteiger partial charge < -0.3 is 9.47 Å². The molecule has 0 radical (unpaired) electrons. The third kappa shape index (κ3) is 1.74. The lowest BCUT2D eigenvalue weighted by molar-refractivity contribution is -0.0441. The monoisotopic (exact) mass is 179 g/mol. The van der Waals surface area contributed by atoms with Crippen LogP contribution >= 0.6 is 0 Å². The molecule has 1 saturated heterocycles. The number of aldehydes is 1. The molecule has 0 aliphatic carbocycles. The van der Waals surface area contributed by atoms with E-state index in [0.29, 0.717) is 25.2 Å². The Bertz CT molecular complexity index is 307. The Morgan fingerprint density at radius 3 is 2.92 bits per heavy atom. The zero-order valence-corrected chi connectivity index (χ0v) is 6.97. The predicted octanol–water partition coefficient (Wildman–Crippen LogP) is 0.940. The third-order valence-electron chi connectivity index (χ3n) is 1.82. The summed E-state index contributed by atoms with van der Waals surface area (Å²) in [6, 6.07) is 3.45. The highest BCUT2D eigenvalue weighted by Gasteiger charge is 2.18. The van der Waals surface area contributed by atoms with Crippen LogP contribution in [0.15, 0.2) is 18.3 Å². The molecule has 4 nitrogen and oxygen atoms in total. The van der Waals surface area contributed by atoms with Crippen molar-refractivity contribution >= 4 is 6.29 Å². The van der Waals surface area contributed by atoms with Gasteiger partial charge in [-0.2, -0.15) is 0 Å². The maximum Gasteiger partial charge on any atom is 0.184 e. The van der Waals surface area contributed by atoms with E-state index in [1.807, 2.05) is 0 Å². The molecule has 0 aromatic carbocycles. The smallest absolute Gasteiger partial charge is 0.184 e. The summed E-state index contributed by atoms with van der Waals surface area (Å²) in [5.74, 6) is 0. The number of hydrogen-bond acceptors (Lipinski definition) is 4. The normalized spacial score (nSPS) is 17.5. The molecule has 0 saturated carbocycles. The Hall–Kier alpha value is -1.26. The molecule has 1 aromatic rings. The molecule has 1 aliphatic rings. The maximum absolute atomic E-state index is 10.4. The number of carbonyl (C=O) groups is 1. The topological polar surface area (TPSA) is 48.4 Å². The summed E-state index contributed by atoms with van der Waals surface area (Å²) in [7, 11) is 0. The van der Waals surface area contributed by atoms with Gasteiger partial charge in [-0.1, -0.05) is 0 Å². The molecule has 0 atom stereocenters. The highest BCUT2D eigenvalue weighted by atomic mass is 16.7. The van der Waals surface area contributed by atoms with Crippen LogP contribution in [0.3, 0.4) is 0 Å². The fourth-order valence-corrected chi connectivity index (χ4v) is 1.23. The highest BCUT2D eigenvalue weighted by molar-refractivity contribution is 5.71. The van der Waals surface area contributed by atoms with Gasteiger partial charge in [0.15, 0.2) is 12.6 Å². The van der Waals surface area contributed by atoms with Crippen LogP contribution in [0.4, 0.5) is 0 Å². The summed E-state index contributed by atoms with van der Waals surface area (Å²) in [5.41, 5.74) is 1.24. The van der Waals surface area contributed by atoms with E-state index < -0.39 is 0 Å². The van der Waals surface area contributed by atoms with Crippen molar-refractivity contribution in [2.45, 2.75) is 6.29 Å². The van der Waals surface area contributed by atoms with Crippen LogP contribution in [0.1, 0.15) is 22.3 Å². The standard InChI is InChI=1S/C9H9NO3/c11-6-8-5-7(1-2-10-8)9-12-3-4-13-9/h1-2,5-6,9H,3-4H2. The number of nitrogens with zero attached hydrogens (tertiary/aromatic N) is 1. The largest absolute Gasteiger partial charge is 0.346 e. The second-order valence-electron chi connectivity index (χ2n) is 2.71. The van der Waals surface area contributed by atoms with E-state index >= 15 is 0 Å². The summed E-state index contributed by atoms with van der Waals surface area (Å²) in [4.78, 5) is 14.3. The van der Waals surface area contributed by atoms with E-state index in [2.05, 4.69) is 4.98 Å². The summed E-state index contributed by atoms with van der Waals surface area (Å²) in [6.07, 6.45) is 1.95. The zero-order valence-electron chi connectivity index (χ0n) is 6.97. The van der Waals surface area contributed by atoms with Crippen LogP contribution in [-0.2, 0) is 9.47 Å². The SMILES string of the molecule is O=Cc1cc(C2OCCO2)ccn1. The van der Waals surface area contributed by atoms with Crippen LogP contribution in [-0.4, -0.2) is 24.5 Å². The molecule has 2 rings (SSSR count). The lowest BCUT2D eigenvalue weighted by atomic mass is 10.2. The Labute approximate surface area is 75.5 Å². The minimum Gasteiger partial charge on any atom is -0.346 e. The maximum atomic E-state index is 10.4. The third-order valence-corrected chi connectivity index (χ3v) is 1.82. The van der Waals surface area contributed by atoms with Gasteiger partial charge in [-0.25, -0.2) is 0 Å². The van der Waals surface area contributed by atoms with Crippen molar-refractivity contribution in [2.75, 3.05) is 13.2 Å². The molecular formula is C9H9NO3. The van der Waals surface area contributed by atoms with Gasteiger partial charge in [0, 0.05) is 11.8 Å². The Morgan fingerprint density at radius 2 is 2.23 bits per heavy atom. The summed E-state index contributed by atoms with van der Waals surface area (Å²) in [5, 5.41) is 0. The van der Waals surface area contributed by atoms with Crippen molar-refractivity contribution in [1.29, 1.82) is 0 Å². The number of hydrogen-bond donors (Lipinski definition) is 0. The molecular weight excluding hydrogens is 170 g/mol. The molecule has 0 unspecified atom stereocenters. The summed E-state index contributed by atoms with van der Waals surface area (Å²) < 4.78 is 10.5. The second kappa shape index (κ2) is 3.64. The minimum absolute atomic E-state index is 0.332. The molecule has 0 amide bonds. The molecule has 0 bridgehead atoms. The number of ether oxygens (including phenoxy) is 2. The van der Waals surface area contributed by atoms with E-state index in [4.69, 9.17) is 9.47 Å². The van der Waals surface area contributed by atoms with Gasteiger partial charge in [0.25, 0.3) is 0 Å². The van der Waals surface area contributed by atoms with Gasteiger partial charge in [0.1, 0.15) is 5.69 Å². The van der Waals surface area contributed by atoms with Gasteiger partial charge in [0.2, 0.25) is 0 Å². The first-order valence-electron chi connectivity index (χ1n) is 4.04. The van der Waals surface area contributed by atoms with Crippen LogP contribution < -0.4 is 0 Å². The van der Waals surface area contributed by atoms with Crippen molar-refractivity contribution < 1.29 is 14.3 Å². The molecule has 1 fully saturated rings. The number of pyridine rings is 1. The molecule has 4 heteroatoms. The summed E-state index contributed by atoms with van der Waals surface area (Å²) in [6.45, 7) is 1.20. The van der Waals surface area contributed by atoms with Gasteiger partial charge in [-0.15, -0.1) is 0 Å².